The van der Waals surface area contributed by atoms with Gasteiger partial charge in [0.05, 0.1) is 5.56 Å². The van der Waals surface area contributed by atoms with E-state index in [0.29, 0.717) is 17.1 Å². The molecule has 0 bridgehead atoms. The van der Waals surface area contributed by atoms with E-state index in [-0.39, 0.29) is 23.9 Å². The maximum atomic E-state index is 12.9. The number of rotatable bonds is 4. The van der Waals surface area contributed by atoms with E-state index in [1.165, 1.54) is 18.9 Å². The van der Waals surface area contributed by atoms with Gasteiger partial charge in [0.2, 0.25) is 5.56 Å². The van der Waals surface area contributed by atoms with Gasteiger partial charge in [0.25, 0.3) is 5.91 Å². The van der Waals surface area contributed by atoms with Gasteiger partial charge >= 0.3 is 0 Å². The summed E-state index contributed by atoms with van der Waals surface area (Å²) >= 11 is 0. The van der Waals surface area contributed by atoms with Gasteiger partial charge in [-0.3, -0.25) is 9.59 Å². The highest BCUT2D eigenvalue weighted by atomic mass is 35.5. The van der Waals surface area contributed by atoms with Gasteiger partial charge in [-0.2, -0.15) is 0 Å². The van der Waals surface area contributed by atoms with Gasteiger partial charge in [-0.15, -0.1) is 12.4 Å². The molecule has 5 nitrogen and oxygen atoms in total. The van der Waals surface area contributed by atoms with Crippen LogP contribution in [-0.4, -0.2) is 41.5 Å². The van der Waals surface area contributed by atoms with E-state index in [1.54, 1.807) is 0 Å². The molecule has 0 spiro atoms. The smallest absolute Gasteiger partial charge is 0.254 e. The maximum Gasteiger partial charge on any atom is 0.254 e. The number of aromatic nitrogens is 1. The minimum Gasteiger partial charge on any atom is -0.339 e. The maximum absolute atomic E-state index is 12.9. The number of fused-ring (bicyclic) bond motifs is 1. The molecule has 25 heavy (non-hydrogen) atoms. The van der Waals surface area contributed by atoms with Gasteiger partial charge in [-0.25, -0.2) is 0 Å². The fourth-order valence-electron chi connectivity index (χ4n) is 3.49. The molecule has 2 heterocycles. The quantitative estimate of drug-likeness (QED) is 0.879. The number of nitrogens with one attached hydrogen (secondary N) is 2. The third kappa shape index (κ3) is 4.05. The lowest BCUT2D eigenvalue weighted by Gasteiger charge is -2.32. The second-order valence-corrected chi connectivity index (χ2v) is 7.01. The van der Waals surface area contributed by atoms with E-state index >= 15 is 0 Å². The van der Waals surface area contributed by atoms with E-state index in [9.17, 15) is 9.59 Å². The normalized spacial score (nSPS) is 18.2. The molecule has 134 valence electrons. The number of benzene rings is 1. The number of pyridine rings is 1. The van der Waals surface area contributed by atoms with Crippen molar-refractivity contribution >= 4 is 29.2 Å². The van der Waals surface area contributed by atoms with Crippen molar-refractivity contribution < 1.29 is 4.79 Å². The molecule has 1 aromatic carbocycles. The van der Waals surface area contributed by atoms with Crippen LogP contribution in [0.15, 0.2) is 35.1 Å². The second kappa shape index (κ2) is 7.58. The van der Waals surface area contributed by atoms with E-state index in [2.05, 4.69) is 10.3 Å². The van der Waals surface area contributed by atoms with Crippen LogP contribution in [0.25, 0.3) is 10.9 Å². The zero-order valence-electron chi connectivity index (χ0n) is 14.2. The minimum absolute atomic E-state index is 0. The van der Waals surface area contributed by atoms with Crippen LogP contribution in [0, 0.1) is 5.92 Å². The Hall–Kier alpha value is -1.85. The highest BCUT2D eigenvalue weighted by Crippen LogP contribution is 2.28. The Morgan fingerprint density at radius 1 is 1.16 bits per heavy atom. The van der Waals surface area contributed by atoms with E-state index in [1.807, 2.05) is 29.2 Å². The predicted octanol–water partition coefficient (Wildman–Crippen LogP) is 2.55. The summed E-state index contributed by atoms with van der Waals surface area (Å²) in [7, 11) is 0. The third-order valence-electron chi connectivity index (χ3n) is 5.16. The number of aromatic amines is 1. The van der Waals surface area contributed by atoms with E-state index < -0.39 is 0 Å². The molecule has 1 aliphatic carbocycles. The molecule has 1 aliphatic heterocycles. The molecule has 2 N–H and O–H groups in total. The molecule has 1 amide bonds. The van der Waals surface area contributed by atoms with Gasteiger partial charge in [0, 0.05) is 36.1 Å². The van der Waals surface area contributed by atoms with Crippen molar-refractivity contribution in [3.63, 3.8) is 0 Å². The Balaban J connectivity index is 0.00000182. The van der Waals surface area contributed by atoms with Crippen molar-refractivity contribution in [2.45, 2.75) is 31.7 Å². The first-order chi connectivity index (χ1) is 11.7. The Morgan fingerprint density at radius 2 is 1.88 bits per heavy atom. The first kappa shape index (κ1) is 18.0. The predicted molar refractivity (Wildman–Crippen MR) is 101 cm³/mol. The standard InChI is InChI=1S/C19H23N3O2.ClH/c23-18-11-16(15-3-1-2-4-17(15)21-18)19(24)22-9-7-14(8-10-22)20-12-13-5-6-13;/h1-4,11,13-14,20H,5-10,12H2,(H,21,23);1H. The summed E-state index contributed by atoms with van der Waals surface area (Å²) in [4.78, 5) is 29.4. The Kier molecular flexibility index (Phi) is 5.45. The van der Waals surface area contributed by atoms with Crippen LogP contribution in [-0.2, 0) is 0 Å². The summed E-state index contributed by atoms with van der Waals surface area (Å²) in [6, 6.07) is 9.44. The van der Waals surface area contributed by atoms with Crippen molar-refractivity contribution in [1.29, 1.82) is 0 Å². The number of piperidine rings is 1. The van der Waals surface area contributed by atoms with Gasteiger partial charge in [0.1, 0.15) is 0 Å². The number of likely N-dealkylation sites (tertiary alicyclic amines) is 1. The molecular formula is C19H24ClN3O2. The number of carbonyl (C=O) groups excluding carboxylic acids is 1. The number of hydrogen-bond acceptors (Lipinski definition) is 3. The Morgan fingerprint density at radius 3 is 2.60 bits per heavy atom. The van der Waals surface area contributed by atoms with Crippen LogP contribution in [0.5, 0.6) is 0 Å². The molecule has 1 saturated heterocycles. The van der Waals surface area contributed by atoms with Crippen LogP contribution in [0.2, 0.25) is 0 Å². The van der Waals surface area contributed by atoms with Crippen LogP contribution in [0.4, 0.5) is 0 Å². The third-order valence-corrected chi connectivity index (χ3v) is 5.16. The van der Waals surface area contributed by atoms with Gasteiger partial charge in [-0.05, 0) is 44.2 Å². The fourth-order valence-corrected chi connectivity index (χ4v) is 3.49. The molecule has 6 heteroatoms. The average molecular weight is 362 g/mol. The van der Waals surface area contributed by atoms with Gasteiger partial charge in [0.15, 0.2) is 0 Å². The highest BCUT2D eigenvalue weighted by molar-refractivity contribution is 6.05. The number of hydrogen-bond donors (Lipinski definition) is 2. The lowest BCUT2D eigenvalue weighted by atomic mass is 10.0. The average Bonchev–Trinajstić information content (AvgIpc) is 3.43. The zero-order valence-corrected chi connectivity index (χ0v) is 15.0. The molecular weight excluding hydrogens is 338 g/mol. The van der Waals surface area contributed by atoms with Gasteiger partial charge in [-0.1, -0.05) is 18.2 Å². The van der Waals surface area contributed by atoms with Crippen molar-refractivity contribution in [3.05, 3.63) is 46.2 Å². The van der Waals surface area contributed by atoms with E-state index in [4.69, 9.17) is 0 Å². The summed E-state index contributed by atoms with van der Waals surface area (Å²) in [5.41, 5.74) is 1.01. The van der Waals surface area contributed by atoms with Crippen LogP contribution >= 0.6 is 12.4 Å². The number of para-hydroxylation sites is 1. The Bertz CT molecular complexity index is 808. The first-order valence-corrected chi connectivity index (χ1v) is 8.85. The van der Waals surface area contributed by atoms with Crippen LogP contribution < -0.4 is 10.9 Å². The van der Waals surface area contributed by atoms with Crippen molar-refractivity contribution in [2.24, 2.45) is 5.92 Å². The van der Waals surface area contributed by atoms with Crippen LogP contribution in [0.3, 0.4) is 0 Å². The van der Waals surface area contributed by atoms with Crippen LogP contribution in [0.1, 0.15) is 36.0 Å². The van der Waals surface area contributed by atoms with Gasteiger partial charge < -0.3 is 15.2 Å². The number of amides is 1. The van der Waals surface area contributed by atoms with Crippen molar-refractivity contribution in [2.75, 3.05) is 19.6 Å². The molecule has 1 aromatic heterocycles. The largest absolute Gasteiger partial charge is 0.339 e. The molecule has 2 aromatic rings. The summed E-state index contributed by atoms with van der Waals surface area (Å²) in [6.07, 6.45) is 4.69. The topological polar surface area (TPSA) is 65.2 Å². The minimum atomic E-state index is -0.224. The molecule has 0 atom stereocenters. The first-order valence-electron chi connectivity index (χ1n) is 8.85. The molecule has 2 aliphatic rings. The molecule has 2 fully saturated rings. The zero-order chi connectivity index (χ0) is 16.5. The second-order valence-electron chi connectivity index (χ2n) is 7.01. The number of halogens is 1. The summed E-state index contributed by atoms with van der Waals surface area (Å²) in [6.45, 7) is 2.63. The fraction of sp³-hybridized carbons (Fsp3) is 0.474. The Labute approximate surface area is 153 Å². The SMILES string of the molecule is Cl.O=C(c1cc(=O)[nH]c2ccccc12)N1CCC(NCC2CC2)CC1. The molecule has 4 rings (SSSR count). The number of carbonyl (C=O) groups is 1. The summed E-state index contributed by atoms with van der Waals surface area (Å²) in [5, 5.41) is 4.44. The summed E-state index contributed by atoms with van der Waals surface area (Å²) in [5.74, 6) is 0.852. The monoisotopic (exact) mass is 361 g/mol. The number of H-pyrrole nitrogens is 1. The highest BCUT2D eigenvalue weighted by Gasteiger charge is 2.27. The number of nitrogens with zero attached hydrogens (tertiary/aromatic N) is 1. The molecule has 1 saturated carbocycles. The van der Waals surface area contributed by atoms with E-state index in [0.717, 1.165) is 43.8 Å². The molecule has 0 radical (unpaired) electrons. The lowest BCUT2D eigenvalue weighted by Crippen LogP contribution is -2.45. The van der Waals surface area contributed by atoms with Crippen molar-refractivity contribution in [3.8, 4) is 0 Å². The summed E-state index contributed by atoms with van der Waals surface area (Å²) < 4.78 is 0. The van der Waals surface area contributed by atoms with Crippen molar-refractivity contribution in [1.82, 2.24) is 15.2 Å². The molecule has 0 unspecified atom stereocenters. The lowest BCUT2D eigenvalue weighted by molar-refractivity contribution is 0.0707.